The Morgan fingerprint density at radius 1 is 1.11 bits per heavy atom. The molecule has 0 unspecified atom stereocenters. The first kappa shape index (κ1) is 19.2. The molecular weight excluding hydrogens is 350 g/mol. The number of carbonyl (C=O) groups excluding carboxylic acids is 1. The van der Waals surface area contributed by atoms with E-state index < -0.39 is 0 Å². The number of para-hydroxylation sites is 2. The summed E-state index contributed by atoms with van der Waals surface area (Å²) in [4.78, 5) is 11.7. The van der Waals surface area contributed by atoms with Crippen LogP contribution in [0.4, 0.5) is 0 Å². The summed E-state index contributed by atoms with van der Waals surface area (Å²) in [6.07, 6.45) is 5.75. The normalized spacial score (nSPS) is 11.2. The summed E-state index contributed by atoms with van der Waals surface area (Å²) in [6, 6.07) is 17.5. The highest BCUT2D eigenvalue weighted by atomic mass is 16.5. The van der Waals surface area contributed by atoms with Crippen molar-refractivity contribution < 1.29 is 14.3 Å². The first-order valence-corrected chi connectivity index (χ1v) is 8.99. The molecule has 0 atom stereocenters. The molecule has 142 valence electrons. The molecule has 28 heavy (non-hydrogen) atoms. The van der Waals surface area contributed by atoms with E-state index in [4.69, 9.17) is 9.47 Å². The van der Waals surface area contributed by atoms with Crippen molar-refractivity contribution in [2.45, 2.75) is 13.0 Å². The number of carbonyl (C=O) groups is 1. The molecule has 0 saturated heterocycles. The number of rotatable bonds is 8. The van der Waals surface area contributed by atoms with Crippen LogP contribution in [0.1, 0.15) is 5.56 Å². The van der Waals surface area contributed by atoms with Crippen LogP contribution >= 0.6 is 0 Å². The van der Waals surface area contributed by atoms with E-state index in [2.05, 4.69) is 17.7 Å². The van der Waals surface area contributed by atoms with E-state index >= 15 is 0 Å². The Bertz CT molecular complexity index is 1030. The number of hydrogen-bond donors (Lipinski definition) is 0. The number of benzene rings is 2. The average Bonchev–Trinajstić information content (AvgIpc) is 3.05. The van der Waals surface area contributed by atoms with Crippen molar-refractivity contribution >= 4 is 16.9 Å². The number of aromatic nitrogens is 1. The maximum Gasteiger partial charge on any atom is 0.310 e. The highest BCUT2D eigenvalue weighted by molar-refractivity contribution is 5.88. The van der Waals surface area contributed by atoms with Crippen LogP contribution in [-0.2, 0) is 22.5 Å². The van der Waals surface area contributed by atoms with Crippen LogP contribution in [0.5, 0.6) is 5.75 Å². The molecule has 0 aliphatic heterocycles. The third-order valence-corrected chi connectivity index (χ3v) is 4.33. The van der Waals surface area contributed by atoms with Crippen LogP contribution in [0.2, 0.25) is 0 Å². The maximum atomic E-state index is 11.7. The highest BCUT2D eigenvalue weighted by Crippen LogP contribution is 2.23. The van der Waals surface area contributed by atoms with Crippen molar-refractivity contribution in [1.29, 1.82) is 0 Å². The Morgan fingerprint density at radius 3 is 2.54 bits per heavy atom. The first-order valence-electron chi connectivity index (χ1n) is 8.99. The molecule has 2 aromatic carbocycles. The third-order valence-electron chi connectivity index (χ3n) is 4.33. The van der Waals surface area contributed by atoms with Crippen molar-refractivity contribution in [2.75, 3.05) is 7.11 Å². The van der Waals surface area contributed by atoms with Gasteiger partial charge in [-0.1, -0.05) is 49.6 Å². The minimum atomic E-state index is -0.258. The lowest BCUT2D eigenvalue weighted by Crippen LogP contribution is -2.04. The van der Waals surface area contributed by atoms with E-state index in [1.54, 1.807) is 6.08 Å². The van der Waals surface area contributed by atoms with Crippen molar-refractivity contribution in [3.8, 4) is 5.75 Å². The van der Waals surface area contributed by atoms with Gasteiger partial charge >= 0.3 is 5.97 Å². The molecule has 1 heterocycles. The zero-order valence-electron chi connectivity index (χ0n) is 15.9. The largest absolute Gasteiger partial charge is 0.469 e. The number of nitrogens with zero attached hydrogens (tertiary/aromatic N) is 1. The molecule has 0 saturated carbocycles. The second-order valence-electron chi connectivity index (χ2n) is 6.38. The minimum absolute atomic E-state index is 0.237. The smallest absolute Gasteiger partial charge is 0.310 e. The van der Waals surface area contributed by atoms with Crippen LogP contribution in [-0.4, -0.2) is 17.6 Å². The lowest BCUT2D eigenvalue weighted by molar-refractivity contribution is -0.139. The van der Waals surface area contributed by atoms with Crippen LogP contribution in [0.25, 0.3) is 10.9 Å². The van der Waals surface area contributed by atoms with Crippen molar-refractivity contribution in [2.24, 2.45) is 0 Å². The second kappa shape index (κ2) is 8.91. The van der Waals surface area contributed by atoms with Crippen LogP contribution < -0.4 is 4.74 Å². The van der Waals surface area contributed by atoms with E-state index in [-0.39, 0.29) is 12.4 Å². The van der Waals surface area contributed by atoms with Gasteiger partial charge in [0, 0.05) is 23.6 Å². The van der Waals surface area contributed by atoms with Gasteiger partial charge in [0.15, 0.2) is 0 Å². The first-order chi connectivity index (χ1) is 13.6. The number of esters is 1. The van der Waals surface area contributed by atoms with Crippen LogP contribution in [0.15, 0.2) is 97.4 Å². The Balaban J connectivity index is 1.82. The standard InChI is InChI=1S/C24H23NO3/c1-4-20(28-21-10-6-5-7-11-21)14-18(2)16-25-17-19(15-24(26)27-3)22-12-8-9-13-23(22)25/h4-14,17H,1-2,15-16H2,3H3/b20-14+. The summed E-state index contributed by atoms with van der Waals surface area (Å²) < 4.78 is 12.7. The van der Waals surface area contributed by atoms with Crippen LogP contribution in [0, 0.1) is 0 Å². The van der Waals surface area contributed by atoms with Gasteiger partial charge in [0.25, 0.3) is 0 Å². The molecule has 3 aromatic rings. The zero-order chi connectivity index (χ0) is 19.9. The summed E-state index contributed by atoms with van der Waals surface area (Å²) in [5.41, 5.74) is 2.83. The summed E-state index contributed by atoms with van der Waals surface area (Å²) in [5, 5.41) is 1.04. The summed E-state index contributed by atoms with van der Waals surface area (Å²) in [6.45, 7) is 8.54. The Morgan fingerprint density at radius 2 is 1.82 bits per heavy atom. The fourth-order valence-corrected chi connectivity index (χ4v) is 3.04. The number of methoxy groups -OCH3 is 1. The van der Waals surface area contributed by atoms with E-state index in [1.807, 2.05) is 66.9 Å². The predicted octanol–water partition coefficient (Wildman–Crippen LogP) is 5.06. The molecule has 0 aliphatic carbocycles. The molecular formula is C24H23NO3. The van der Waals surface area contributed by atoms with Gasteiger partial charge in [0.1, 0.15) is 11.5 Å². The fraction of sp³-hybridized carbons (Fsp3) is 0.125. The lowest BCUT2D eigenvalue weighted by atomic mass is 10.1. The van der Waals surface area contributed by atoms with E-state index in [0.717, 1.165) is 27.8 Å². The minimum Gasteiger partial charge on any atom is -0.469 e. The molecule has 0 bridgehead atoms. The van der Waals surface area contributed by atoms with Gasteiger partial charge in [-0.25, -0.2) is 0 Å². The van der Waals surface area contributed by atoms with Gasteiger partial charge in [0.05, 0.1) is 13.5 Å². The Labute approximate surface area is 165 Å². The van der Waals surface area contributed by atoms with E-state index in [1.165, 1.54) is 7.11 Å². The van der Waals surface area contributed by atoms with Crippen molar-refractivity contribution in [3.63, 3.8) is 0 Å². The molecule has 0 radical (unpaired) electrons. The van der Waals surface area contributed by atoms with E-state index in [9.17, 15) is 4.79 Å². The fourth-order valence-electron chi connectivity index (χ4n) is 3.04. The lowest BCUT2D eigenvalue weighted by Gasteiger charge is -2.09. The molecule has 4 nitrogen and oxygen atoms in total. The van der Waals surface area contributed by atoms with Crippen molar-refractivity contribution in [1.82, 2.24) is 4.57 Å². The molecule has 1 aromatic heterocycles. The predicted molar refractivity (Wildman–Crippen MR) is 112 cm³/mol. The maximum absolute atomic E-state index is 11.7. The monoisotopic (exact) mass is 373 g/mol. The number of fused-ring (bicyclic) bond motifs is 1. The summed E-state index contributed by atoms with van der Waals surface area (Å²) >= 11 is 0. The van der Waals surface area contributed by atoms with Gasteiger partial charge in [-0.2, -0.15) is 0 Å². The molecule has 3 rings (SSSR count). The molecule has 0 spiro atoms. The van der Waals surface area contributed by atoms with Gasteiger partial charge in [-0.3, -0.25) is 4.79 Å². The topological polar surface area (TPSA) is 40.5 Å². The van der Waals surface area contributed by atoms with Crippen LogP contribution in [0.3, 0.4) is 0 Å². The number of ether oxygens (including phenoxy) is 2. The third kappa shape index (κ3) is 4.60. The quantitative estimate of drug-likeness (QED) is 0.315. The molecule has 0 aliphatic rings. The van der Waals surface area contributed by atoms with E-state index in [0.29, 0.717) is 12.3 Å². The van der Waals surface area contributed by atoms with Crippen molar-refractivity contribution in [3.05, 3.63) is 103 Å². The van der Waals surface area contributed by atoms with Gasteiger partial charge < -0.3 is 14.0 Å². The molecule has 4 heteroatoms. The van der Waals surface area contributed by atoms with Gasteiger partial charge in [0.2, 0.25) is 0 Å². The molecule has 0 N–H and O–H groups in total. The molecule has 0 amide bonds. The summed E-state index contributed by atoms with van der Waals surface area (Å²) in [7, 11) is 1.40. The Hall–Kier alpha value is -3.53. The SMILES string of the molecule is C=C/C(=C\C(=C)Cn1cc(CC(=O)OC)c2ccccc21)Oc1ccccc1. The average molecular weight is 373 g/mol. The second-order valence-corrected chi connectivity index (χ2v) is 6.38. The van der Waals surface area contributed by atoms with Gasteiger partial charge in [-0.15, -0.1) is 0 Å². The highest BCUT2D eigenvalue weighted by Gasteiger charge is 2.12. The zero-order valence-corrected chi connectivity index (χ0v) is 15.9. The van der Waals surface area contributed by atoms with Gasteiger partial charge in [-0.05, 0) is 41.5 Å². The molecule has 0 fully saturated rings. The number of hydrogen-bond acceptors (Lipinski definition) is 3. The summed E-state index contributed by atoms with van der Waals surface area (Å²) in [5.74, 6) is 1.11. The number of allylic oxidation sites excluding steroid dienone is 3. The Kier molecular flexibility index (Phi) is 6.12.